The first-order valence-corrected chi connectivity index (χ1v) is 12.4. The molecule has 0 radical (unpaired) electrons. The molecule has 4 aromatic carbocycles. The largest absolute Gasteiger partial charge is 0.497 e. The van der Waals surface area contributed by atoms with E-state index in [1.165, 1.54) is 0 Å². The summed E-state index contributed by atoms with van der Waals surface area (Å²) in [5, 5.41) is 0.575. The smallest absolute Gasteiger partial charge is 0.261 e. The van der Waals surface area contributed by atoms with E-state index < -0.39 is 0 Å². The molecule has 0 N–H and O–H groups in total. The van der Waals surface area contributed by atoms with Crippen molar-refractivity contribution in [1.29, 1.82) is 0 Å². The van der Waals surface area contributed by atoms with Gasteiger partial charge in [0.2, 0.25) is 0 Å². The number of fused-ring (bicyclic) bond motifs is 1. The Kier molecular flexibility index (Phi) is 7.96. The predicted octanol–water partition coefficient (Wildman–Crippen LogP) is 5.96. The summed E-state index contributed by atoms with van der Waals surface area (Å²) in [6.45, 7) is 1.43. The van der Waals surface area contributed by atoms with E-state index in [4.69, 9.17) is 23.9 Å². The van der Waals surface area contributed by atoms with Gasteiger partial charge in [0, 0.05) is 11.6 Å². The van der Waals surface area contributed by atoms with Crippen molar-refractivity contribution in [3.05, 3.63) is 113 Å². The molecule has 7 heteroatoms. The van der Waals surface area contributed by atoms with Crippen molar-refractivity contribution in [3.8, 4) is 34.4 Å². The number of benzene rings is 4. The molecule has 0 spiro atoms. The lowest BCUT2D eigenvalue weighted by Gasteiger charge is -2.14. The number of methoxy groups -OCH3 is 1. The molecule has 5 rings (SSSR count). The van der Waals surface area contributed by atoms with Crippen molar-refractivity contribution in [1.82, 2.24) is 9.55 Å². The zero-order chi connectivity index (χ0) is 26.2. The summed E-state index contributed by atoms with van der Waals surface area (Å²) in [5.74, 6) is 3.48. The van der Waals surface area contributed by atoms with Gasteiger partial charge in [-0.05, 0) is 60.7 Å². The fourth-order valence-corrected chi connectivity index (χ4v) is 4.06. The van der Waals surface area contributed by atoms with Gasteiger partial charge in [-0.25, -0.2) is 4.98 Å². The Morgan fingerprint density at radius 3 is 2.26 bits per heavy atom. The van der Waals surface area contributed by atoms with Crippen LogP contribution in [-0.4, -0.2) is 36.5 Å². The minimum Gasteiger partial charge on any atom is -0.497 e. The van der Waals surface area contributed by atoms with Gasteiger partial charge >= 0.3 is 0 Å². The maximum atomic E-state index is 13.3. The Hall–Kier alpha value is -4.62. The van der Waals surface area contributed by atoms with E-state index in [0.29, 0.717) is 54.6 Å². The van der Waals surface area contributed by atoms with E-state index in [9.17, 15) is 4.79 Å². The van der Waals surface area contributed by atoms with Crippen LogP contribution < -0.4 is 19.8 Å². The molecule has 192 valence electrons. The lowest BCUT2D eigenvalue weighted by Crippen LogP contribution is -2.26. The van der Waals surface area contributed by atoms with Gasteiger partial charge in [0.25, 0.3) is 5.56 Å². The van der Waals surface area contributed by atoms with Crippen LogP contribution in [0.15, 0.2) is 108 Å². The third-order valence-electron chi connectivity index (χ3n) is 5.95. The summed E-state index contributed by atoms with van der Waals surface area (Å²) >= 11 is 0. The zero-order valence-electron chi connectivity index (χ0n) is 21.1. The number of para-hydroxylation sites is 2. The fourth-order valence-electron chi connectivity index (χ4n) is 4.06. The van der Waals surface area contributed by atoms with Crippen LogP contribution in [0.1, 0.15) is 0 Å². The summed E-state index contributed by atoms with van der Waals surface area (Å²) in [4.78, 5) is 18.1. The molecular formula is C31H28N2O5. The molecule has 1 aromatic heterocycles. The highest BCUT2D eigenvalue weighted by Crippen LogP contribution is 2.25. The van der Waals surface area contributed by atoms with Crippen LogP contribution in [0.3, 0.4) is 0 Å². The topological polar surface area (TPSA) is 71.8 Å². The van der Waals surface area contributed by atoms with Crippen LogP contribution in [0.4, 0.5) is 0 Å². The van der Waals surface area contributed by atoms with Gasteiger partial charge in [-0.1, -0.05) is 36.4 Å². The van der Waals surface area contributed by atoms with E-state index in [1.807, 2.05) is 97.1 Å². The second-order valence-corrected chi connectivity index (χ2v) is 8.49. The highest BCUT2D eigenvalue weighted by atomic mass is 16.5. The Bertz CT molecular complexity index is 1550. The van der Waals surface area contributed by atoms with Crippen molar-refractivity contribution in [2.45, 2.75) is 6.54 Å². The molecule has 0 atom stereocenters. The minimum absolute atomic E-state index is 0.100. The van der Waals surface area contributed by atoms with Gasteiger partial charge in [-0.2, -0.15) is 0 Å². The molecule has 0 aliphatic heterocycles. The number of nitrogens with zero attached hydrogens (tertiary/aromatic N) is 2. The molecule has 0 saturated carbocycles. The van der Waals surface area contributed by atoms with Crippen molar-refractivity contribution < 1.29 is 18.9 Å². The van der Waals surface area contributed by atoms with Crippen LogP contribution in [0.25, 0.3) is 22.3 Å². The van der Waals surface area contributed by atoms with Crippen LogP contribution >= 0.6 is 0 Å². The number of ether oxygens (including phenoxy) is 4. The van der Waals surface area contributed by atoms with E-state index in [1.54, 1.807) is 17.7 Å². The van der Waals surface area contributed by atoms with Crippen LogP contribution in [0.2, 0.25) is 0 Å². The maximum Gasteiger partial charge on any atom is 0.261 e. The van der Waals surface area contributed by atoms with Gasteiger partial charge in [0.1, 0.15) is 35.4 Å². The Morgan fingerprint density at radius 1 is 0.711 bits per heavy atom. The van der Waals surface area contributed by atoms with Gasteiger partial charge in [-0.3, -0.25) is 9.36 Å². The lowest BCUT2D eigenvalue weighted by molar-refractivity contribution is 0.0940. The molecule has 38 heavy (non-hydrogen) atoms. The summed E-state index contributed by atoms with van der Waals surface area (Å²) in [6.07, 6.45) is 0. The molecule has 0 amide bonds. The van der Waals surface area contributed by atoms with E-state index in [0.717, 1.165) is 17.1 Å². The zero-order valence-corrected chi connectivity index (χ0v) is 21.1. The first-order valence-electron chi connectivity index (χ1n) is 12.4. The highest BCUT2D eigenvalue weighted by Gasteiger charge is 2.13. The predicted molar refractivity (Wildman–Crippen MR) is 147 cm³/mol. The Morgan fingerprint density at radius 2 is 1.45 bits per heavy atom. The van der Waals surface area contributed by atoms with Crippen molar-refractivity contribution in [3.63, 3.8) is 0 Å². The van der Waals surface area contributed by atoms with Crippen LogP contribution in [0.5, 0.6) is 23.0 Å². The number of rotatable bonds is 11. The molecular weight excluding hydrogens is 480 g/mol. The minimum atomic E-state index is -0.100. The quantitative estimate of drug-likeness (QED) is 0.205. The maximum absolute atomic E-state index is 13.3. The van der Waals surface area contributed by atoms with E-state index in [-0.39, 0.29) is 5.56 Å². The third kappa shape index (κ3) is 6.02. The fraction of sp³-hybridized carbons (Fsp3) is 0.161. The lowest BCUT2D eigenvalue weighted by atomic mass is 10.1. The Balaban J connectivity index is 1.20. The Labute approximate surface area is 220 Å². The molecule has 0 bridgehead atoms. The summed E-state index contributed by atoms with van der Waals surface area (Å²) in [7, 11) is 1.62. The van der Waals surface area contributed by atoms with Crippen molar-refractivity contribution in [2.24, 2.45) is 0 Å². The first kappa shape index (κ1) is 25.0. The van der Waals surface area contributed by atoms with Crippen molar-refractivity contribution >= 4 is 10.9 Å². The summed E-state index contributed by atoms with van der Waals surface area (Å²) in [5.41, 5.74) is 1.39. The standard InChI is InChI=1S/C31H28N2O5/c1-35-24-16-14-23(15-17-24)30-32-29-13-6-5-12-28(29)31(34)33(30)18-19-36-20-21-37-26-10-7-11-27(22-26)38-25-8-3-2-4-9-25/h2-17,22H,18-21H2,1H3. The molecule has 7 nitrogen and oxygen atoms in total. The molecule has 0 aliphatic carbocycles. The molecule has 0 unspecified atom stereocenters. The SMILES string of the molecule is COc1ccc(-c2nc3ccccc3c(=O)n2CCOCCOc2cccc(Oc3ccccc3)c2)cc1. The number of hydrogen-bond donors (Lipinski definition) is 0. The van der Waals surface area contributed by atoms with Crippen LogP contribution in [-0.2, 0) is 11.3 Å². The molecule has 0 aliphatic rings. The second-order valence-electron chi connectivity index (χ2n) is 8.49. The van der Waals surface area contributed by atoms with E-state index in [2.05, 4.69) is 0 Å². The van der Waals surface area contributed by atoms with E-state index >= 15 is 0 Å². The third-order valence-corrected chi connectivity index (χ3v) is 5.95. The normalized spacial score (nSPS) is 10.9. The number of hydrogen-bond acceptors (Lipinski definition) is 6. The average molecular weight is 509 g/mol. The highest BCUT2D eigenvalue weighted by molar-refractivity contribution is 5.79. The van der Waals surface area contributed by atoms with Gasteiger partial charge in [-0.15, -0.1) is 0 Å². The summed E-state index contributed by atoms with van der Waals surface area (Å²) < 4.78 is 24.4. The van der Waals surface area contributed by atoms with Gasteiger partial charge in [0.15, 0.2) is 0 Å². The average Bonchev–Trinajstić information content (AvgIpc) is 2.96. The molecule has 1 heterocycles. The second kappa shape index (κ2) is 12.1. The van der Waals surface area contributed by atoms with Crippen LogP contribution in [0, 0.1) is 0 Å². The number of aromatic nitrogens is 2. The monoisotopic (exact) mass is 508 g/mol. The van der Waals surface area contributed by atoms with Gasteiger partial charge < -0.3 is 18.9 Å². The summed E-state index contributed by atoms with van der Waals surface area (Å²) in [6, 6.07) is 32.0. The molecule has 5 aromatic rings. The molecule has 0 fully saturated rings. The van der Waals surface area contributed by atoms with Crippen molar-refractivity contribution in [2.75, 3.05) is 26.9 Å². The first-order chi connectivity index (χ1) is 18.7. The molecule has 0 saturated heterocycles. The van der Waals surface area contributed by atoms with Gasteiger partial charge in [0.05, 0.1) is 37.8 Å².